The summed E-state index contributed by atoms with van der Waals surface area (Å²) in [5.74, 6) is 0.120. The van der Waals surface area contributed by atoms with Crippen LogP contribution in [0.4, 0.5) is 5.69 Å². The molecule has 1 aromatic carbocycles. The fourth-order valence-corrected chi connectivity index (χ4v) is 2.64. The van der Waals surface area contributed by atoms with Crippen LogP contribution in [0.2, 0.25) is 0 Å². The zero-order valence-corrected chi connectivity index (χ0v) is 12.4. The van der Waals surface area contributed by atoms with Crippen LogP contribution in [0.15, 0.2) is 47.5 Å². The Labute approximate surface area is 119 Å². The normalized spacial score (nSPS) is 11.3. The van der Waals surface area contributed by atoms with E-state index in [2.05, 4.69) is 10.3 Å². The number of sulfone groups is 1. The van der Waals surface area contributed by atoms with Gasteiger partial charge in [0.1, 0.15) is 0 Å². The smallest absolute Gasteiger partial charge is 0.178 e. The number of nitrogens with one attached hydrogen (secondary N) is 1. The van der Waals surface area contributed by atoms with E-state index in [0.717, 1.165) is 16.9 Å². The highest BCUT2D eigenvalue weighted by Crippen LogP contribution is 2.16. The number of hydrogen-bond acceptors (Lipinski definition) is 4. The summed E-state index contributed by atoms with van der Waals surface area (Å²) in [4.78, 5) is 4.59. The van der Waals surface area contributed by atoms with Gasteiger partial charge in [0.15, 0.2) is 9.84 Å². The highest BCUT2D eigenvalue weighted by Gasteiger charge is 2.10. The average Bonchev–Trinajstić information content (AvgIpc) is 2.47. The molecule has 20 heavy (non-hydrogen) atoms. The molecule has 0 saturated heterocycles. The number of nitrogens with zero attached hydrogens (tertiary/aromatic N) is 1. The van der Waals surface area contributed by atoms with E-state index in [1.165, 1.54) is 0 Å². The third-order valence-electron chi connectivity index (χ3n) is 3.06. The van der Waals surface area contributed by atoms with Crippen LogP contribution in [0, 0.1) is 6.92 Å². The van der Waals surface area contributed by atoms with Crippen LogP contribution in [0.3, 0.4) is 0 Å². The van der Waals surface area contributed by atoms with Crippen LogP contribution in [-0.2, 0) is 16.4 Å². The summed E-state index contributed by atoms with van der Waals surface area (Å²) < 4.78 is 23.4. The molecular weight excluding hydrogens is 272 g/mol. The fourth-order valence-electron chi connectivity index (χ4n) is 1.75. The third kappa shape index (κ3) is 3.57. The summed E-state index contributed by atoms with van der Waals surface area (Å²) in [6.07, 6.45) is 1.83. The zero-order valence-electron chi connectivity index (χ0n) is 11.6. The average molecular weight is 290 g/mol. The van der Waals surface area contributed by atoms with Gasteiger partial charge >= 0.3 is 0 Å². The quantitative estimate of drug-likeness (QED) is 0.920. The molecule has 0 spiro atoms. The van der Waals surface area contributed by atoms with Crippen LogP contribution in [0.1, 0.15) is 18.2 Å². The second kappa shape index (κ2) is 6.05. The molecule has 2 rings (SSSR count). The molecule has 1 heterocycles. The minimum absolute atomic E-state index is 0.120. The molecule has 0 aliphatic carbocycles. The van der Waals surface area contributed by atoms with Crippen LogP contribution in [0.25, 0.3) is 0 Å². The van der Waals surface area contributed by atoms with Crippen molar-refractivity contribution in [1.82, 2.24) is 4.98 Å². The molecule has 0 aliphatic rings. The van der Waals surface area contributed by atoms with Gasteiger partial charge in [-0.05, 0) is 42.8 Å². The monoisotopic (exact) mass is 290 g/mol. The van der Waals surface area contributed by atoms with Crippen molar-refractivity contribution >= 4 is 15.5 Å². The van der Waals surface area contributed by atoms with Gasteiger partial charge in [-0.25, -0.2) is 8.42 Å². The molecule has 4 nitrogen and oxygen atoms in total. The van der Waals surface area contributed by atoms with Crippen molar-refractivity contribution < 1.29 is 8.42 Å². The lowest BCUT2D eigenvalue weighted by Gasteiger charge is -2.08. The van der Waals surface area contributed by atoms with E-state index in [1.54, 1.807) is 31.2 Å². The Bertz CT molecular complexity index is 662. The van der Waals surface area contributed by atoms with Crippen molar-refractivity contribution in [3.8, 4) is 0 Å². The second-order valence-electron chi connectivity index (χ2n) is 4.59. The van der Waals surface area contributed by atoms with E-state index in [4.69, 9.17) is 0 Å². The Morgan fingerprint density at radius 1 is 1.10 bits per heavy atom. The van der Waals surface area contributed by atoms with Crippen molar-refractivity contribution in [2.75, 3.05) is 11.1 Å². The van der Waals surface area contributed by atoms with Gasteiger partial charge in [0.25, 0.3) is 0 Å². The number of rotatable bonds is 5. The number of anilines is 1. The predicted octanol–water partition coefficient (Wildman–Crippen LogP) is 2.80. The maximum Gasteiger partial charge on any atom is 0.178 e. The molecule has 0 amide bonds. The lowest BCUT2D eigenvalue weighted by molar-refractivity contribution is 0.597. The number of aromatic nitrogens is 1. The molecule has 106 valence electrons. The van der Waals surface area contributed by atoms with Crippen LogP contribution in [-0.4, -0.2) is 19.2 Å². The van der Waals surface area contributed by atoms with E-state index in [9.17, 15) is 8.42 Å². The minimum atomic E-state index is -3.12. The van der Waals surface area contributed by atoms with Gasteiger partial charge in [-0.1, -0.05) is 13.0 Å². The van der Waals surface area contributed by atoms with Gasteiger partial charge in [0.2, 0.25) is 0 Å². The molecule has 0 bridgehead atoms. The number of hydrogen-bond donors (Lipinski definition) is 1. The lowest BCUT2D eigenvalue weighted by atomic mass is 10.2. The fraction of sp³-hybridized carbons (Fsp3) is 0.267. The predicted molar refractivity (Wildman–Crippen MR) is 80.5 cm³/mol. The first-order valence-electron chi connectivity index (χ1n) is 6.49. The van der Waals surface area contributed by atoms with Gasteiger partial charge < -0.3 is 5.32 Å². The van der Waals surface area contributed by atoms with E-state index in [0.29, 0.717) is 11.4 Å². The minimum Gasteiger partial charge on any atom is -0.381 e. The van der Waals surface area contributed by atoms with Crippen molar-refractivity contribution in [1.29, 1.82) is 0 Å². The Hall–Kier alpha value is -1.88. The Kier molecular flexibility index (Phi) is 4.39. The molecule has 0 saturated carbocycles. The largest absolute Gasteiger partial charge is 0.381 e. The molecule has 0 unspecified atom stereocenters. The highest BCUT2D eigenvalue weighted by atomic mass is 32.2. The molecule has 0 radical (unpaired) electrons. The number of benzene rings is 1. The van der Waals surface area contributed by atoms with Crippen molar-refractivity contribution in [2.24, 2.45) is 0 Å². The maximum absolute atomic E-state index is 11.7. The van der Waals surface area contributed by atoms with E-state index < -0.39 is 9.84 Å². The first kappa shape index (κ1) is 14.5. The third-order valence-corrected chi connectivity index (χ3v) is 4.81. The number of aryl methyl sites for hydroxylation is 1. The first-order chi connectivity index (χ1) is 9.51. The van der Waals surface area contributed by atoms with E-state index in [-0.39, 0.29) is 5.75 Å². The summed E-state index contributed by atoms with van der Waals surface area (Å²) in [7, 11) is -3.12. The summed E-state index contributed by atoms with van der Waals surface area (Å²) in [5.41, 5.74) is 2.96. The van der Waals surface area contributed by atoms with E-state index >= 15 is 0 Å². The number of pyridine rings is 1. The van der Waals surface area contributed by atoms with Gasteiger partial charge in [-0.3, -0.25) is 4.98 Å². The molecule has 0 aliphatic heterocycles. The first-order valence-corrected chi connectivity index (χ1v) is 8.15. The standard InChI is InChI=1S/C15H18N2O2S/c1-3-20(18,19)15-8-6-14(7-9-15)17-11-13-5-4-12(2)16-10-13/h4-10,17H,3,11H2,1-2H3. The second-order valence-corrected chi connectivity index (χ2v) is 6.87. The zero-order chi connectivity index (χ0) is 14.6. The van der Waals surface area contributed by atoms with Crippen LogP contribution >= 0.6 is 0 Å². The maximum atomic E-state index is 11.7. The highest BCUT2D eigenvalue weighted by molar-refractivity contribution is 7.91. The molecule has 1 aromatic heterocycles. The van der Waals surface area contributed by atoms with Crippen LogP contribution < -0.4 is 5.32 Å². The lowest BCUT2D eigenvalue weighted by Crippen LogP contribution is -2.04. The van der Waals surface area contributed by atoms with Gasteiger partial charge in [-0.2, -0.15) is 0 Å². The van der Waals surface area contributed by atoms with Crippen LogP contribution in [0.5, 0.6) is 0 Å². The summed E-state index contributed by atoms with van der Waals surface area (Å²) in [5, 5.41) is 3.24. The molecule has 5 heteroatoms. The van der Waals surface area contributed by atoms with Gasteiger partial charge in [-0.15, -0.1) is 0 Å². The molecule has 0 fully saturated rings. The summed E-state index contributed by atoms with van der Waals surface area (Å²) in [6.45, 7) is 4.25. The Morgan fingerprint density at radius 2 is 1.80 bits per heavy atom. The van der Waals surface area contributed by atoms with Crippen molar-refractivity contribution in [3.63, 3.8) is 0 Å². The Balaban J connectivity index is 2.03. The topological polar surface area (TPSA) is 59.1 Å². The molecule has 1 N–H and O–H groups in total. The van der Waals surface area contributed by atoms with Crippen molar-refractivity contribution in [3.05, 3.63) is 53.9 Å². The SMILES string of the molecule is CCS(=O)(=O)c1ccc(NCc2ccc(C)nc2)cc1. The summed E-state index contributed by atoms with van der Waals surface area (Å²) >= 11 is 0. The van der Waals surface area contributed by atoms with Crippen molar-refractivity contribution in [2.45, 2.75) is 25.3 Å². The van der Waals surface area contributed by atoms with Gasteiger partial charge in [0, 0.05) is 24.1 Å². The molecule has 0 atom stereocenters. The molecule has 2 aromatic rings. The Morgan fingerprint density at radius 3 is 2.35 bits per heavy atom. The summed E-state index contributed by atoms with van der Waals surface area (Å²) in [6, 6.07) is 10.8. The molecular formula is C15H18N2O2S. The van der Waals surface area contributed by atoms with E-state index in [1.807, 2.05) is 25.3 Å². The van der Waals surface area contributed by atoms with Gasteiger partial charge in [0.05, 0.1) is 10.6 Å².